The third-order valence-corrected chi connectivity index (χ3v) is 5.97. The molecule has 2 heterocycles. The van der Waals surface area contributed by atoms with Gasteiger partial charge in [0.1, 0.15) is 17.6 Å². The molecule has 1 aliphatic rings. The first-order valence-corrected chi connectivity index (χ1v) is 11.7. The number of halogens is 1. The first-order chi connectivity index (χ1) is 16.3. The van der Waals surface area contributed by atoms with Gasteiger partial charge in [-0.15, -0.1) is 0 Å². The van der Waals surface area contributed by atoms with Gasteiger partial charge in [0, 0.05) is 38.8 Å². The summed E-state index contributed by atoms with van der Waals surface area (Å²) in [7, 11) is 0. The van der Waals surface area contributed by atoms with E-state index in [0.29, 0.717) is 38.3 Å². The highest BCUT2D eigenvalue weighted by Crippen LogP contribution is 2.17. The zero-order valence-corrected chi connectivity index (χ0v) is 20.0. The number of nitrogens with one attached hydrogen (secondary N) is 2. The fourth-order valence-electron chi connectivity index (χ4n) is 3.87. The molecule has 0 radical (unpaired) electrons. The molecule has 184 valence electrons. The molecular weight excluding hydrogens is 439 g/mol. The lowest BCUT2D eigenvalue weighted by Crippen LogP contribution is -2.46. The second-order valence-corrected chi connectivity index (χ2v) is 8.36. The number of carbonyl (C=O) groups excluding carboxylic acids is 3. The summed E-state index contributed by atoms with van der Waals surface area (Å²) in [6, 6.07) is 6.76. The SMILES string of the molecule is CCN(CC)CCNC(=O)C(C)NC(=O)c1cc2n(n1)CCCN(Cc1ccc(F)cc1)C2=O. The summed E-state index contributed by atoms with van der Waals surface area (Å²) in [5, 5.41) is 9.79. The molecular formula is C24H33FN6O3. The largest absolute Gasteiger partial charge is 0.353 e. The van der Waals surface area contributed by atoms with Crippen LogP contribution in [-0.2, 0) is 17.9 Å². The van der Waals surface area contributed by atoms with Crippen LogP contribution in [0, 0.1) is 5.82 Å². The van der Waals surface area contributed by atoms with Crippen molar-refractivity contribution in [2.45, 2.75) is 46.3 Å². The smallest absolute Gasteiger partial charge is 0.272 e. The maximum absolute atomic E-state index is 13.2. The average Bonchev–Trinajstić information content (AvgIpc) is 3.20. The molecule has 1 aromatic carbocycles. The van der Waals surface area contributed by atoms with Crippen LogP contribution in [0.1, 0.15) is 53.7 Å². The monoisotopic (exact) mass is 472 g/mol. The van der Waals surface area contributed by atoms with Crippen LogP contribution in [0.3, 0.4) is 0 Å². The topological polar surface area (TPSA) is 99.6 Å². The van der Waals surface area contributed by atoms with Gasteiger partial charge < -0.3 is 20.4 Å². The van der Waals surface area contributed by atoms with Crippen LogP contribution in [0.2, 0.25) is 0 Å². The number of aryl methyl sites for hydroxylation is 1. The molecule has 34 heavy (non-hydrogen) atoms. The predicted molar refractivity (Wildman–Crippen MR) is 126 cm³/mol. The molecule has 0 spiro atoms. The lowest BCUT2D eigenvalue weighted by Gasteiger charge is -2.20. The lowest BCUT2D eigenvalue weighted by atomic mass is 10.2. The van der Waals surface area contributed by atoms with E-state index in [2.05, 4.69) is 34.5 Å². The highest BCUT2D eigenvalue weighted by molar-refractivity contribution is 5.99. The van der Waals surface area contributed by atoms with Crippen LogP contribution >= 0.6 is 0 Å². The standard InChI is InChI=1S/C24H33FN6O3/c1-4-29(5-2)14-11-26-22(32)17(3)27-23(33)20-15-21-24(34)30(12-6-13-31(21)28-20)16-18-7-9-19(25)10-8-18/h7-10,15,17H,4-6,11-14,16H2,1-3H3,(H,26,32)(H,27,33). The molecule has 0 saturated carbocycles. The summed E-state index contributed by atoms with van der Waals surface area (Å²) >= 11 is 0. The van der Waals surface area contributed by atoms with E-state index in [1.165, 1.54) is 22.9 Å². The van der Waals surface area contributed by atoms with Gasteiger partial charge in [0.15, 0.2) is 5.69 Å². The Hall–Kier alpha value is -3.27. The zero-order chi connectivity index (χ0) is 24.7. The number of aromatic nitrogens is 2. The van der Waals surface area contributed by atoms with Crippen molar-refractivity contribution >= 4 is 17.7 Å². The van der Waals surface area contributed by atoms with Gasteiger partial charge in [-0.05, 0) is 44.1 Å². The van der Waals surface area contributed by atoms with E-state index in [1.807, 2.05) is 0 Å². The van der Waals surface area contributed by atoms with Crippen LogP contribution in [-0.4, -0.2) is 76.1 Å². The van der Waals surface area contributed by atoms with Gasteiger partial charge in [0.2, 0.25) is 5.91 Å². The average molecular weight is 473 g/mol. The normalized spacial score (nSPS) is 14.5. The number of nitrogens with zero attached hydrogens (tertiary/aromatic N) is 4. The van der Waals surface area contributed by atoms with Gasteiger partial charge in [-0.2, -0.15) is 5.10 Å². The molecule has 3 amide bonds. The maximum atomic E-state index is 13.2. The van der Waals surface area contributed by atoms with Gasteiger partial charge in [-0.25, -0.2) is 4.39 Å². The van der Waals surface area contributed by atoms with Gasteiger partial charge in [0.05, 0.1) is 0 Å². The van der Waals surface area contributed by atoms with Gasteiger partial charge in [-0.1, -0.05) is 26.0 Å². The van der Waals surface area contributed by atoms with E-state index in [-0.39, 0.29) is 23.3 Å². The molecule has 3 rings (SSSR count). The lowest BCUT2D eigenvalue weighted by molar-refractivity contribution is -0.122. The molecule has 1 aliphatic heterocycles. The highest BCUT2D eigenvalue weighted by Gasteiger charge is 2.27. The van der Waals surface area contributed by atoms with E-state index in [1.54, 1.807) is 24.0 Å². The Bertz CT molecular complexity index is 1000. The zero-order valence-electron chi connectivity index (χ0n) is 20.0. The molecule has 2 N–H and O–H groups in total. The van der Waals surface area contributed by atoms with Crippen molar-refractivity contribution in [2.75, 3.05) is 32.7 Å². The van der Waals surface area contributed by atoms with Gasteiger partial charge in [0.25, 0.3) is 11.8 Å². The minimum absolute atomic E-state index is 0.0924. The second kappa shape index (κ2) is 11.7. The quantitative estimate of drug-likeness (QED) is 0.548. The molecule has 2 aromatic rings. The molecule has 0 bridgehead atoms. The van der Waals surface area contributed by atoms with E-state index in [9.17, 15) is 18.8 Å². The Morgan fingerprint density at radius 2 is 1.88 bits per heavy atom. The Morgan fingerprint density at radius 3 is 2.56 bits per heavy atom. The summed E-state index contributed by atoms with van der Waals surface area (Å²) in [6.07, 6.45) is 0.675. The fourth-order valence-corrected chi connectivity index (χ4v) is 3.87. The number of benzene rings is 1. The van der Waals surface area contributed by atoms with E-state index >= 15 is 0 Å². The van der Waals surface area contributed by atoms with Crippen molar-refractivity contribution in [1.29, 1.82) is 0 Å². The molecule has 0 fully saturated rings. The summed E-state index contributed by atoms with van der Waals surface area (Å²) in [5.41, 5.74) is 1.23. The number of carbonyl (C=O) groups is 3. The van der Waals surface area contributed by atoms with Crippen molar-refractivity contribution in [2.24, 2.45) is 0 Å². The number of fused-ring (bicyclic) bond motifs is 1. The van der Waals surface area contributed by atoms with Crippen LogP contribution in [0.5, 0.6) is 0 Å². The van der Waals surface area contributed by atoms with E-state index in [0.717, 1.165) is 25.2 Å². The highest BCUT2D eigenvalue weighted by atomic mass is 19.1. The number of likely N-dealkylation sites (N-methyl/N-ethyl adjacent to an activating group) is 1. The van der Waals surface area contributed by atoms with Crippen LogP contribution in [0.4, 0.5) is 4.39 Å². The number of amides is 3. The van der Waals surface area contributed by atoms with Crippen LogP contribution in [0.25, 0.3) is 0 Å². The molecule has 0 aliphatic carbocycles. The molecule has 10 heteroatoms. The van der Waals surface area contributed by atoms with E-state index < -0.39 is 11.9 Å². The Labute approximate surface area is 199 Å². The van der Waals surface area contributed by atoms with Crippen molar-refractivity contribution in [3.8, 4) is 0 Å². The summed E-state index contributed by atoms with van der Waals surface area (Å²) in [4.78, 5) is 42.0. The molecule has 1 aromatic heterocycles. The van der Waals surface area contributed by atoms with Crippen molar-refractivity contribution in [3.05, 3.63) is 53.1 Å². The minimum atomic E-state index is -0.739. The van der Waals surface area contributed by atoms with Crippen molar-refractivity contribution in [1.82, 2.24) is 30.2 Å². The molecule has 9 nitrogen and oxygen atoms in total. The minimum Gasteiger partial charge on any atom is -0.353 e. The van der Waals surface area contributed by atoms with Crippen LogP contribution in [0.15, 0.2) is 30.3 Å². The third-order valence-electron chi connectivity index (χ3n) is 5.97. The number of rotatable bonds is 10. The predicted octanol–water partition coefficient (Wildman–Crippen LogP) is 1.64. The number of hydrogen-bond acceptors (Lipinski definition) is 5. The molecule has 0 saturated heterocycles. The maximum Gasteiger partial charge on any atom is 0.272 e. The van der Waals surface area contributed by atoms with Crippen LogP contribution < -0.4 is 10.6 Å². The van der Waals surface area contributed by atoms with Gasteiger partial charge in [-0.3, -0.25) is 19.1 Å². The third kappa shape index (κ3) is 6.40. The summed E-state index contributed by atoms with van der Waals surface area (Å²) in [6.45, 7) is 10.2. The Kier molecular flexibility index (Phi) is 8.75. The Balaban J connectivity index is 1.60. The van der Waals surface area contributed by atoms with E-state index in [4.69, 9.17) is 0 Å². The van der Waals surface area contributed by atoms with Gasteiger partial charge >= 0.3 is 0 Å². The summed E-state index contributed by atoms with van der Waals surface area (Å²) in [5.74, 6) is -1.35. The summed E-state index contributed by atoms with van der Waals surface area (Å²) < 4.78 is 14.7. The first kappa shape index (κ1) is 25.4. The molecule has 1 unspecified atom stereocenters. The Morgan fingerprint density at radius 1 is 1.18 bits per heavy atom. The first-order valence-electron chi connectivity index (χ1n) is 11.7. The number of hydrogen-bond donors (Lipinski definition) is 2. The fraction of sp³-hybridized carbons (Fsp3) is 0.500. The second-order valence-electron chi connectivity index (χ2n) is 8.36. The molecule has 1 atom stereocenters. The van der Waals surface area contributed by atoms with Crippen molar-refractivity contribution in [3.63, 3.8) is 0 Å². The van der Waals surface area contributed by atoms with Crippen molar-refractivity contribution < 1.29 is 18.8 Å².